The second kappa shape index (κ2) is 8.74. The molecule has 168 valence electrons. The van der Waals surface area contributed by atoms with Crippen molar-refractivity contribution in [2.45, 2.75) is 26.7 Å². The summed E-state index contributed by atoms with van der Waals surface area (Å²) < 4.78 is 5.58. The SMILES string of the molecule is CCOc1ccc(C2=C(N3CCCC(C)C3)C(=O)N(c3cccc4ccccc34)C2=O)cc1. The summed E-state index contributed by atoms with van der Waals surface area (Å²) in [5, 5.41) is 1.89. The molecule has 0 aliphatic carbocycles. The zero-order valence-corrected chi connectivity index (χ0v) is 19.1. The van der Waals surface area contributed by atoms with Crippen LogP contribution in [0.2, 0.25) is 0 Å². The van der Waals surface area contributed by atoms with Gasteiger partial charge in [0, 0.05) is 18.5 Å². The van der Waals surface area contributed by atoms with E-state index in [4.69, 9.17) is 4.74 Å². The standard InChI is InChI=1S/C28H28N2O3/c1-3-33-22-15-13-21(14-16-22)25-26(29-17-7-8-19(2)18-29)28(32)30(27(25)31)24-12-6-10-20-9-4-5-11-23(20)24/h4-6,9-16,19H,3,7-8,17-18H2,1-2H3. The highest BCUT2D eigenvalue weighted by Crippen LogP contribution is 2.39. The van der Waals surface area contributed by atoms with Crippen molar-refractivity contribution in [2.24, 2.45) is 5.92 Å². The fourth-order valence-corrected chi connectivity index (χ4v) is 4.97. The highest BCUT2D eigenvalue weighted by atomic mass is 16.5. The minimum absolute atomic E-state index is 0.241. The summed E-state index contributed by atoms with van der Waals surface area (Å²) in [6.45, 7) is 6.27. The lowest BCUT2D eigenvalue weighted by atomic mass is 9.97. The first-order valence-electron chi connectivity index (χ1n) is 11.7. The smallest absolute Gasteiger partial charge is 0.282 e. The number of piperidine rings is 1. The Kier molecular flexibility index (Phi) is 5.63. The van der Waals surface area contributed by atoms with Gasteiger partial charge in [-0.2, -0.15) is 0 Å². The first-order chi connectivity index (χ1) is 16.1. The second-order valence-electron chi connectivity index (χ2n) is 8.82. The van der Waals surface area contributed by atoms with Gasteiger partial charge >= 0.3 is 0 Å². The minimum atomic E-state index is -0.270. The Bertz CT molecular complexity index is 1240. The first kappa shape index (κ1) is 21.3. The molecule has 2 aliphatic rings. The topological polar surface area (TPSA) is 49.9 Å². The number of hydrogen-bond donors (Lipinski definition) is 0. The average Bonchev–Trinajstić information content (AvgIpc) is 3.09. The number of carbonyl (C=O) groups excluding carboxylic acids is 2. The van der Waals surface area contributed by atoms with Gasteiger partial charge in [-0.3, -0.25) is 9.59 Å². The van der Waals surface area contributed by atoms with Crippen LogP contribution in [-0.4, -0.2) is 36.4 Å². The van der Waals surface area contributed by atoms with Crippen molar-refractivity contribution in [3.05, 3.63) is 78.0 Å². The molecular formula is C28H28N2O3. The largest absolute Gasteiger partial charge is 0.494 e. The number of imide groups is 1. The number of carbonyl (C=O) groups is 2. The molecule has 3 aromatic carbocycles. The predicted octanol–water partition coefficient (Wildman–Crippen LogP) is 5.25. The Morgan fingerprint density at radius 1 is 0.939 bits per heavy atom. The number of ether oxygens (including phenoxy) is 1. The maximum atomic E-state index is 13.9. The molecule has 2 aliphatic heterocycles. The van der Waals surface area contributed by atoms with E-state index in [0.717, 1.165) is 48.0 Å². The molecule has 5 heteroatoms. The molecule has 1 unspecified atom stereocenters. The molecule has 0 radical (unpaired) electrons. The van der Waals surface area contributed by atoms with Crippen molar-refractivity contribution >= 4 is 33.8 Å². The lowest BCUT2D eigenvalue weighted by molar-refractivity contribution is -0.120. The van der Waals surface area contributed by atoms with Gasteiger partial charge in [-0.25, -0.2) is 4.90 Å². The van der Waals surface area contributed by atoms with Crippen LogP contribution in [0.5, 0.6) is 5.75 Å². The van der Waals surface area contributed by atoms with Crippen molar-refractivity contribution in [3.8, 4) is 5.75 Å². The van der Waals surface area contributed by atoms with Crippen LogP contribution in [0.1, 0.15) is 32.3 Å². The highest BCUT2D eigenvalue weighted by Gasteiger charge is 2.43. The molecule has 5 nitrogen and oxygen atoms in total. The molecule has 3 aromatic rings. The average molecular weight is 441 g/mol. The molecule has 0 saturated carbocycles. The number of amides is 2. The Hall–Kier alpha value is -3.60. The van der Waals surface area contributed by atoms with Crippen molar-refractivity contribution in [1.82, 2.24) is 4.90 Å². The first-order valence-corrected chi connectivity index (χ1v) is 11.7. The third kappa shape index (κ3) is 3.78. The zero-order chi connectivity index (χ0) is 22.9. The summed E-state index contributed by atoms with van der Waals surface area (Å²) in [5.74, 6) is 0.711. The van der Waals surface area contributed by atoms with E-state index < -0.39 is 0 Å². The van der Waals surface area contributed by atoms with E-state index in [2.05, 4.69) is 11.8 Å². The molecular weight excluding hydrogens is 412 g/mol. The summed E-state index contributed by atoms with van der Waals surface area (Å²) in [4.78, 5) is 31.3. The maximum absolute atomic E-state index is 13.9. The second-order valence-corrected chi connectivity index (χ2v) is 8.82. The number of likely N-dealkylation sites (tertiary alicyclic amines) is 1. The van der Waals surface area contributed by atoms with E-state index in [0.29, 0.717) is 29.5 Å². The van der Waals surface area contributed by atoms with E-state index >= 15 is 0 Å². The van der Waals surface area contributed by atoms with Crippen molar-refractivity contribution < 1.29 is 14.3 Å². The molecule has 2 amide bonds. The van der Waals surface area contributed by atoms with Crippen LogP contribution in [0.15, 0.2) is 72.4 Å². The monoisotopic (exact) mass is 440 g/mol. The van der Waals surface area contributed by atoms with Gasteiger partial charge in [0.1, 0.15) is 11.4 Å². The number of rotatable bonds is 5. The lowest BCUT2D eigenvalue weighted by Gasteiger charge is -2.33. The molecule has 0 aromatic heterocycles. The highest BCUT2D eigenvalue weighted by molar-refractivity contribution is 6.46. The number of fused-ring (bicyclic) bond motifs is 1. The summed E-state index contributed by atoms with van der Waals surface area (Å²) >= 11 is 0. The van der Waals surface area contributed by atoms with E-state index in [-0.39, 0.29) is 11.8 Å². The number of anilines is 1. The van der Waals surface area contributed by atoms with Gasteiger partial charge in [0.2, 0.25) is 0 Å². The Morgan fingerprint density at radius 3 is 2.45 bits per heavy atom. The van der Waals surface area contributed by atoms with Crippen LogP contribution in [0.4, 0.5) is 5.69 Å². The lowest BCUT2D eigenvalue weighted by Crippen LogP contribution is -2.39. The van der Waals surface area contributed by atoms with Crippen LogP contribution in [0, 0.1) is 5.92 Å². The Morgan fingerprint density at radius 2 is 1.70 bits per heavy atom. The van der Waals surface area contributed by atoms with E-state index in [9.17, 15) is 9.59 Å². The minimum Gasteiger partial charge on any atom is -0.494 e. The molecule has 0 N–H and O–H groups in total. The van der Waals surface area contributed by atoms with E-state index in [1.165, 1.54) is 4.90 Å². The quantitative estimate of drug-likeness (QED) is 0.508. The number of nitrogens with zero attached hydrogens (tertiary/aromatic N) is 2. The maximum Gasteiger partial charge on any atom is 0.282 e. The van der Waals surface area contributed by atoms with Crippen LogP contribution in [-0.2, 0) is 9.59 Å². The summed E-state index contributed by atoms with van der Waals surface area (Å²) in [6.07, 6.45) is 2.15. The molecule has 0 bridgehead atoms. The van der Waals surface area contributed by atoms with Gasteiger partial charge < -0.3 is 9.64 Å². The van der Waals surface area contributed by atoms with E-state index in [1.807, 2.05) is 73.7 Å². The van der Waals surface area contributed by atoms with Gasteiger partial charge in [0.15, 0.2) is 0 Å². The third-order valence-electron chi connectivity index (χ3n) is 6.49. The fourth-order valence-electron chi connectivity index (χ4n) is 4.97. The molecule has 1 saturated heterocycles. The van der Waals surface area contributed by atoms with Crippen molar-refractivity contribution in [1.29, 1.82) is 0 Å². The molecule has 5 rings (SSSR count). The normalized spacial score (nSPS) is 19.0. The molecule has 2 heterocycles. The van der Waals surface area contributed by atoms with Gasteiger partial charge in [-0.05, 0) is 54.8 Å². The van der Waals surface area contributed by atoms with Gasteiger partial charge in [0.05, 0.1) is 17.9 Å². The van der Waals surface area contributed by atoms with Gasteiger partial charge in [0.25, 0.3) is 11.8 Å². The summed E-state index contributed by atoms with van der Waals surface area (Å²) in [5.41, 5.74) is 2.37. The summed E-state index contributed by atoms with van der Waals surface area (Å²) in [6, 6.07) is 21.1. The van der Waals surface area contributed by atoms with Crippen LogP contribution < -0.4 is 9.64 Å². The van der Waals surface area contributed by atoms with Crippen LogP contribution >= 0.6 is 0 Å². The Labute approximate surface area is 194 Å². The van der Waals surface area contributed by atoms with E-state index in [1.54, 1.807) is 0 Å². The summed E-state index contributed by atoms with van der Waals surface area (Å²) in [7, 11) is 0. The van der Waals surface area contributed by atoms with Gasteiger partial charge in [-0.15, -0.1) is 0 Å². The van der Waals surface area contributed by atoms with Crippen molar-refractivity contribution in [2.75, 3.05) is 24.6 Å². The predicted molar refractivity (Wildman–Crippen MR) is 131 cm³/mol. The van der Waals surface area contributed by atoms with Gasteiger partial charge in [-0.1, -0.05) is 55.5 Å². The van der Waals surface area contributed by atoms with Crippen LogP contribution in [0.3, 0.4) is 0 Å². The van der Waals surface area contributed by atoms with Crippen molar-refractivity contribution in [3.63, 3.8) is 0 Å². The molecule has 1 atom stereocenters. The number of benzene rings is 3. The van der Waals surface area contributed by atoms with Crippen LogP contribution in [0.25, 0.3) is 16.3 Å². The number of hydrogen-bond acceptors (Lipinski definition) is 4. The molecule has 0 spiro atoms. The zero-order valence-electron chi connectivity index (χ0n) is 19.1. The molecule has 1 fully saturated rings. The Balaban J connectivity index is 1.63. The third-order valence-corrected chi connectivity index (χ3v) is 6.49. The fraction of sp³-hybridized carbons (Fsp3) is 0.286. The molecule has 33 heavy (non-hydrogen) atoms.